The van der Waals surface area contributed by atoms with Crippen molar-refractivity contribution in [2.24, 2.45) is 0 Å². The van der Waals surface area contributed by atoms with Crippen molar-refractivity contribution < 1.29 is 28.7 Å². The highest BCUT2D eigenvalue weighted by Gasteiger charge is 2.39. The van der Waals surface area contributed by atoms with Gasteiger partial charge in [0, 0.05) is 18.4 Å². The number of thioether (sulfide) groups is 1. The SMILES string of the molecule is CCC(=O)Oc1c([C@@H]2Oc3nc(SC)nnc3-c3ccccc3N2C(=O)CC)cc(OC)cc1[N+](=O)[O-]. The van der Waals surface area contributed by atoms with E-state index in [4.69, 9.17) is 14.2 Å². The molecule has 13 heteroatoms. The summed E-state index contributed by atoms with van der Waals surface area (Å²) in [5.74, 6) is -1.26. The fourth-order valence-corrected chi connectivity index (χ4v) is 4.08. The lowest BCUT2D eigenvalue weighted by atomic mass is 10.1. The molecule has 12 nitrogen and oxygen atoms in total. The van der Waals surface area contributed by atoms with E-state index in [1.807, 2.05) is 0 Å². The van der Waals surface area contributed by atoms with E-state index in [0.29, 0.717) is 16.4 Å². The number of nitro benzene ring substituents is 1. The number of carbonyl (C=O) groups excluding carboxylic acids is 2. The van der Waals surface area contributed by atoms with E-state index >= 15 is 0 Å². The van der Waals surface area contributed by atoms with Crippen LogP contribution in [0.5, 0.6) is 17.4 Å². The van der Waals surface area contributed by atoms with Crippen LogP contribution in [0.25, 0.3) is 11.3 Å². The van der Waals surface area contributed by atoms with Crippen molar-refractivity contribution in [3.05, 3.63) is 52.1 Å². The summed E-state index contributed by atoms with van der Waals surface area (Å²) in [6.45, 7) is 3.24. The van der Waals surface area contributed by atoms with Gasteiger partial charge in [-0.05, 0) is 18.4 Å². The van der Waals surface area contributed by atoms with Crippen LogP contribution in [0, 0.1) is 10.1 Å². The van der Waals surface area contributed by atoms with Crippen molar-refractivity contribution in [1.82, 2.24) is 15.2 Å². The molecule has 1 aliphatic heterocycles. The highest BCUT2D eigenvalue weighted by molar-refractivity contribution is 7.98. The first kappa shape index (κ1) is 25.8. The molecule has 0 radical (unpaired) electrons. The summed E-state index contributed by atoms with van der Waals surface area (Å²) in [5, 5.41) is 20.7. The molecule has 0 aliphatic carbocycles. The van der Waals surface area contributed by atoms with E-state index in [1.165, 1.54) is 29.8 Å². The van der Waals surface area contributed by atoms with E-state index in [2.05, 4.69) is 15.2 Å². The minimum Gasteiger partial charge on any atom is -0.496 e. The number of methoxy groups -OCH3 is 1. The van der Waals surface area contributed by atoms with Gasteiger partial charge in [-0.2, -0.15) is 4.98 Å². The number of anilines is 1. The third kappa shape index (κ3) is 4.89. The Bertz CT molecular complexity index is 1380. The normalized spacial score (nSPS) is 14.1. The van der Waals surface area contributed by atoms with Crippen molar-refractivity contribution in [2.75, 3.05) is 18.3 Å². The van der Waals surface area contributed by atoms with Crippen LogP contribution in [0.2, 0.25) is 0 Å². The van der Waals surface area contributed by atoms with Gasteiger partial charge in [-0.25, -0.2) is 0 Å². The number of carbonyl (C=O) groups is 2. The zero-order valence-corrected chi connectivity index (χ0v) is 21.3. The van der Waals surface area contributed by atoms with Crippen LogP contribution >= 0.6 is 11.8 Å². The van der Waals surface area contributed by atoms with E-state index < -0.39 is 22.8 Å². The monoisotopic (exact) mass is 525 g/mol. The number of aromatic nitrogens is 3. The Kier molecular flexibility index (Phi) is 7.53. The fraction of sp³-hybridized carbons (Fsp3) is 0.292. The number of benzene rings is 2. The minimum absolute atomic E-state index is 0.0293. The third-order valence-electron chi connectivity index (χ3n) is 5.54. The van der Waals surface area contributed by atoms with Crippen molar-refractivity contribution in [3.63, 3.8) is 0 Å². The van der Waals surface area contributed by atoms with Crippen molar-refractivity contribution in [2.45, 2.75) is 38.1 Å². The fourth-order valence-electron chi connectivity index (χ4n) is 3.78. The number of hydrogen-bond acceptors (Lipinski definition) is 11. The summed E-state index contributed by atoms with van der Waals surface area (Å²) in [5.41, 5.74) is 0.742. The molecule has 192 valence electrons. The van der Waals surface area contributed by atoms with Gasteiger partial charge in [0.1, 0.15) is 5.75 Å². The second-order valence-electron chi connectivity index (χ2n) is 7.71. The van der Waals surface area contributed by atoms with Crippen LogP contribution in [-0.2, 0) is 9.59 Å². The van der Waals surface area contributed by atoms with E-state index in [9.17, 15) is 19.7 Å². The Morgan fingerprint density at radius 1 is 1.19 bits per heavy atom. The van der Waals surface area contributed by atoms with Gasteiger partial charge >= 0.3 is 11.7 Å². The Morgan fingerprint density at radius 2 is 1.95 bits per heavy atom. The summed E-state index contributed by atoms with van der Waals surface area (Å²) < 4.78 is 17.1. The van der Waals surface area contributed by atoms with Crippen molar-refractivity contribution >= 4 is 35.0 Å². The maximum Gasteiger partial charge on any atom is 0.315 e. The predicted octanol–water partition coefficient (Wildman–Crippen LogP) is 4.33. The Morgan fingerprint density at radius 3 is 2.59 bits per heavy atom. The van der Waals surface area contributed by atoms with E-state index in [0.717, 1.165) is 6.07 Å². The van der Waals surface area contributed by atoms with Gasteiger partial charge in [0.15, 0.2) is 5.69 Å². The molecule has 0 unspecified atom stereocenters. The molecule has 4 rings (SSSR count). The second-order valence-corrected chi connectivity index (χ2v) is 8.48. The predicted molar refractivity (Wildman–Crippen MR) is 134 cm³/mol. The molecule has 1 aromatic heterocycles. The number of para-hydroxylation sites is 1. The van der Waals surface area contributed by atoms with Crippen molar-refractivity contribution in [3.8, 4) is 28.6 Å². The molecule has 1 aliphatic rings. The van der Waals surface area contributed by atoms with Gasteiger partial charge in [-0.3, -0.25) is 24.6 Å². The van der Waals surface area contributed by atoms with Crippen LogP contribution in [-0.4, -0.2) is 45.3 Å². The molecule has 37 heavy (non-hydrogen) atoms. The molecule has 0 spiro atoms. The Balaban J connectivity index is 2.07. The Labute approximate surface area is 216 Å². The highest BCUT2D eigenvalue weighted by atomic mass is 32.2. The van der Waals surface area contributed by atoms with Crippen molar-refractivity contribution in [1.29, 1.82) is 0 Å². The molecular weight excluding hydrogens is 502 g/mol. The minimum atomic E-state index is -1.32. The van der Waals surface area contributed by atoms with E-state index in [-0.39, 0.29) is 47.4 Å². The highest BCUT2D eigenvalue weighted by Crippen LogP contribution is 2.47. The summed E-state index contributed by atoms with van der Waals surface area (Å²) in [4.78, 5) is 42.9. The molecule has 1 amide bonds. The molecule has 2 aromatic carbocycles. The van der Waals surface area contributed by atoms with Crippen LogP contribution in [0.15, 0.2) is 41.6 Å². The lowest BCUT2D eigenvalue weighted by Gasteiger charge is -2.31. The number of nitrogens with zero attached hydrogens (tertiary/aromatic N) is 5. The summed E-state index contributed by atoms with van der Waals surface area (Å²) in [6.07, 6.45) is 0.489. The van der Waals surface area contributed by atoms with Gasteiger partial charge in [0.2, 0.25) is 28.9 Å². The lowest BCUT2D eigenvalue weighted by molar-refractivity contribution is -0.385. The number of hydrogen-bond donors (Lipinski definition) is 0. The summed E-state index contributed by atoms with van der Waals surface area (Å²) >= 11 is 1.24. The summed E-state index contributed by atoms with van der Waals surface area (Å²) in [6, 6.07) is 9.53. The first-order valence-electron chi connectivity index (χ1n) is 11.3. The zero-order valence-electron chi connectivity index (χ0n) is 20.5. The molecule has 0 bridgehead atoms. The maximum atomic E-state index is 13.4. The number of amides is 1. The van der Waals surface area contributed by atoms with Gasteiger partial charge in [-0.15, -0.1) is 10.2 Å². The van der Waals surface area contributed by atoms with E-state index in [1.54, 1.807) is 44.4 Å². The van der Waals surface area contributed by atoms with Gasteiger partial charge in [-0.1, -0.05) is 43.8 Å². The molecule has 3 aromatic rings. The number of rotatable bonds is 7. The zero-order chi connectivity index (χ0) is 26.7. The van der Waals surface area contributed by atoms with Crippen LogP contribution < -0.4 is 19.1 Å². The topological polar surface area (TPSA) is 147 Å². The number of nitro groups is 1. The van der Waals surface area contributed by atoms with Gasteiger partial charge in [0.25, 0.3) is 0 Å². The average Bonchev–Trinajstić information content (AvgIpc) is 3.06. The number of esters is 1. The second kappa shape index (κ2) is 10.8. The lowest BCUT2D eigenvalue weighted by Crippen LogP contribution is -2.37. The standard InChI is InChI=1S/C24H23N5O7S/c1-5-18(30)28-16-10-8-7-9-14(16)20-22(25-24(37-4)27-26-20)36-23(28)15-11-13(34-3)12-17(29(32)33)21(15)35-19(31)6-2/h7-12,23H,5-6H2,1-4H3/t23-/m0/s1. The van der Waals surface area contributed by atoms with Gasteiger partial charge < -0.3 is 14.2 Å². The average molecular weight is 526 g/mol. The molecule has 1 atom stereocenters. The first-order valence-corrected chi connectivity index (χ1v) is 12.5. The van der Waals surface area contributed by atoms with Crippen LogP contribution in [0.4, 0.5) is 11.4 Å². The number of fused-ring (bicyclic) bond motifs is 3. The first-order chi connectivity index (χ1) is 17.8. The quantitative estimate of drug-likeness (QED) is 0.143. The largest absolute Gasteiger partial charge is 0.496 e. The maximum absolute atomic E-state index is 13.4. The third-order valence-corrected chi connectivity index (χ3v) is 6.08. The molecule has 0 saturated heterocycles. The van der Waals surface area contributed by atoms with Crippen LogP contribution in [0.3, 0.4) is 0 Å². The molecular formula is C24H23N5O7S. The molecule has 0 N–H and O–H groups in total. The smallest absolute Gasteiger partial charge is 0.315 e. The molecule has 0 saturated carbocycles. The number of ether oxygens (including phenoxy) is 3. The molecule has 0 fully saturated rings. The molecule has 2 heterocycles. The van der Waals surface area contributed by atoms with Crippen LogP contribution in [0.1, 0.15) is 38.5 Å². The van der Waals surface area contributed by atoms with Gasteiger partial charge in [0.05, 0.1) is 29.4 Å². The Hall–Kier alpha value is -4.26. The summed E-state index contributed by atoms with van der Waals surface area (Å²) in [7, 11) is 1.34.